The molecule has 2 aromatic heterocycles. The summed E-state index contributed by atoms with van der Waals surface area (Å²) >= 11 is 5.94. The van der Waals surface area contributed by atoms with Crippen LogP contribution >= 0.6 is 11.6 Å². The molecule has 4 aromatic rings. The molecule has 2 aromatic carbocycles. The number of pyridine rings is 1. The van der Waals surface area contributed by atoms with Crippen LogP contribution in [0, 0.1) is 5.82 Å². The molecule has 0 aliphatic rings. The molecule has 0 aliphatic carbocycles. The number of rotatable bonds is 5. The molecule has 4 rings (SSSR count). The van der Waals surface area contributed by atoms with Crippen LogP contribution in [0.1, 0.15) is 12.5 Å². The Kier molecular flexibility index (Phi) is 5.87. The van der Waals surface area contributed by atoms with Crippen molar-refractivity contribution < 1.29 is 14.0 Å². The molecule has 0 spiro atoms. The second-order valence-electron chi connectivity index (χ2n) is 7.21. The molecule has 2 amide bonds. The summed E-state index contributed by atoms with van der Waals surface area (Å²) in [6.45, 7) is 1.44. The summed E-state index contributed by atoms with van der Waals surface area (Å²) in [5.41, 5.74) is 2.31. The number of nitrogens with zero attached hydrogens (tertiary/aromatic N) is 4. The van der Waals surface area contributed by atoms with Gasteiger partial charge in [0.1, 0.15) is 11.6 Å². The van der Waals surface area contributed by atoms with Gasteiger partial charge in [-0.05, 0) is 35.9 Å². The van der Waals surface area contributed by atoms with E-state index in [4.69, 9.17) is 11.6 Å². The standard InChI is InChI=1S/C23H19ClFN5O2/c1-14(31)30(18-7-6-16-13-27-29(2)20(16)12-18)21-11-17(8-9-26-21)28-22(32)10-15-4-3-5-19(25)23(15)24/h3-9,11-13H,10H2,1-2H3,(H,26,28,32). The normalized spacial score (nSPS) is 10.9. The van der Waals surface area contributed by atoms with E-state index in [0.717, 1.165) is 10.9 Å². The summed E-state index contributed by atoms with van der Waals surface area (Å²) < 4.78 is 15.3. The van der Waals surface area contributed by atoms with Gasteiger partial charge in [0.25, 0.3) is 0 Å². The summed E-state index contributed by atoms with van der Waals surface area (Å²) in [6, 6.07) is 13.1. The fourth-order valence-corrected chi connectivity index (χ4v) is 3.62. The fraction of sp³-hybridized carbons (Fsp3) is 0.130. The van der Waals surface area contributed by atoms with Crippen LogP contribution < -0.4 is 10.2 Å². The molecule has 9 heteroatoms. The Hall–Kier alpha value is -3.78. The van der Waals surface area contributed by atoms with Crippen molar-refractivity contribution in [3.05, 3.63) is 77.3 Å². The number of anilines is 3. The number of aryl methyl sites for hydroxylation is 1. The smallest absolute Gasteiger partial charge is 0.229 e. The van der Waals surface area contributed by atoms with Crippen LogP contribution in [0.5, 0.6) is 0 Å². The van der Waals surface area contributed by atoms with Gasteiger partial charge in [-0.15, -0.1) is 0 Å². The minimum absolute atomic E-state index is 0.0774. The molecule has 2 heterocycles. The zero-order valence-corrected chi connectivity index (χ0v) is 18.1. The Labute approximate surface area is 188 Å². The van der Waals surface area contributed by atoms with Crippen molar-refractivity contribution >= 4 is 51.5 Å². The highest BCUT2D eigenvalue weighted by Crippen LogP contribution is 2.29. The van der Waals surface area contributed by atoms with Crippen LogP contribution in [0.4, 0.5) is 21.6 Å². The molecule has 0 atom stereocenters. The largest absolute Gasteiger partial charge is 0.326 e. The maximum Gasteiger partial charge on any atom is 0.229 e. The van der Waals surface area contributed by atoms with E-state index in [2.05, 4.69) is 15.4 Å². The highest BCUT2D eigenvalue weighted by atomic mass is 35.5. The molecule has 1 N–H and O–H groups in total. The van der Waals surface area contributed by atoms with Gasteiger partial charge >= 0.3 is 0 Å². The van der Waals surface area contributed by atoms with Gasteiger partial charge in [-0.2, -0.15) is 5.10 Å². The van der Waals surface area contributed by atoms with Crippen molar-refractivity contribution in [1.82, 2.24) is 14.8 Å². The summed E-state index contributed by atoms with van der Waals surface area (Å²) in [4.78, 5) is 30.7. The maximum atomic E-state index is 13.6. The van der Waals surface area contributed by atoms with Crippen molar-refractivity contribution in [1.29, 1.82) is 0 Å². The molecule has 0 radical (unpaired) electrons. The van der Waals surface area contributed by atoms with Gasteiger partial charge in [-0.3, -0.25) is 19.2 Å². The summed E-state index contributed by atoms with van der Waals surface area (Å²) in [7, 11) is 1.82. The molecule has 32 heavy (non-hydrogen) atoms. The SMILES string of the molecule is CC(=O)N(c1ccc2cnn(C)c2c1)c1cc(NC(=O)Cc2cccc(F)c2Cl)ccn1. The lowest BCUT2D eigenvalue weighted by atomic mass is 10.1. The molecule has 0 saturated carbocycles. The van der Waals surface area contributed by atoms with Gasteiger partial charge in [0.05, 0.1) is 28.8 Å². The lowest BCUT2D eigenvalue weighted by Gasteiger charge is -2.21. The molecule has 0 saturated heterocycles. The van der Waals surface area contributed by atoms with Crippen molar-refractivity contribution in [2.45, 2.75) is 13.3 Å². The van der Waals surface area contributed by atoms with E-state index in [1.165, 1.54) is 30.2 Å². The summed E-state index contributed by atoms with van der Waals surface area (Å²) in [5.74, 6) is -0.847. The van der Waals surface area contributed by atoms with Crippen molar-refractivity contribution in [3.8, 4) is 0 Å². The number of amides is 2. The Bertz CT molecular complexity index is 1340. The Balaban J connectivity index is 1.59. The number of halogens is 2. The number of fused-ring (bicyclic) bond motifs is 1. The topological polar surface area (TPSA) is 80.1 Å². The molecule has 0 aliphatic heterocycles. The second-order valence-corrected chi connectivity index (χ2v) is 7.58. The third-order valence-corrected chi connectivity index (χ3v) is 5.37. The van der Waals surface area contributed by atoms with Gasteiger partial charge in [0.15, 0.2) is 0 Å². The third-order valence-electron chi connectivity index (χ3n) is 4.95. The average molecular weight is 452 g/mol. The van der Waals surface area contributed by atoms with Crippen molar-refractivity contribution in [2.24, 2.45) is 7.05 Å². The monoisotopic (exact) mass is 451 g/mol. The molecule has 0 bridgehead atoms. The first-order valence-electron chi connectivity index (χ1n) is 9.75. The highest BCUT2D eigenvalue weighted by Gasteiger charge is 2.18. The van der Waals surface area contributed by atoms with Crippen molar-refractivity contribution in [3.63, 3.8) is 0 Å². The molecule has 0 unspecified atom stereocenters. The number of aromatic nitrogens is 3. The number of carbonyl (C=O) groups excluding carboxylic acids is 2. The molecule has 7 nitrogen and oxygen atoms in total. The lowest BCUT2D eigenvalue weighted by molar-refractivity contribution is -0.116. The van der Waals surface area contributed by atoms with Gasteiger partial charge in [-0.1, -0.05) is 23.7 Å². The van der Waals surface area contributed by atoms with Gasteiger partial charge in [0.2, 0.25) is 11.8 Å². The number of benzene rings is 2. The maximum absolute atomic E-state index is 13.6. The third kappa shape index (κ3) is 4.31. The van der Waals surface area contributed by atoms with Gasteiger partial charge in [-0.25, -0.2) is 9.37 Å². The van der Waals surface area contributed by atoms with E-state index in [9.17, 15) is 14.0 Å². The summed E-state index contributed by atoms with van der Waals surface area (Å²) in [6.07, 6.45) is 3.15. The first-order chi connectivity index (χ1) is 15.3. The average Bonchev–Trinajstić information content (AvgIpc) is 3.12. The molecule has 0 fully saturated rings. The fourth-order valence-electron chi connectivity index (χ4n) is 3.43. The van der Waals surface area contributed by atoms with Crippen LogP contribution in [0.2, 0.25) is 5.02 Å². The summed E-state index contributed by atoms with van der Waals surface area (Å²) in [5, 5.41) is 7.84. The Morgan fingerprint density at radius 1 is 1.19 bits per heavy atom. The quantitative estimate of drug-likeness (QED) is 0.480. The molecule has 162 valence electrons. The van der Waals surface area contributed by atoms with Crippen LogP contribution in [-0.4, -0.2) is 26.6 Å². The van der Waals surface area contributed by atoms with Crippen LogP contribution in [0.25, 0.3) is 10.9 Å². The van der Waals surface area contributed by atoms with Gasteiger partial charge in [0, 0.05) is 37.3 Å². The predicted octanol–water partition coefficient (Wildman–Crippen LogP) is 4.63. The predicted molar refractivity (Wildman–Crippen MR) is 122 cm³/mol. The van der Waals surface area contributed by atoms with Crippen LogP contribution in [-0.2, 0) is 23.1 Å². The van der Waals surface area contributed by atoms with Crippen molar-refractivity contribution in [2.75, 3.05) is 10.2 Å². The highest BCUT2D eigenvalue weighted by molar-refractivity contribution is 6.31. The van der Waals surface area contributed by atoms with Crippen LogP contribution in [0.3, 0.4) is 0 Å². The number of nitrogens with one attached hydrogen (secondary N) is 1. The zero-order valence-electron chi connectivity index (χ0n) is 17.3. The number of hydrogen-bond donors (Lipinski definition) is 1. The first-order valence-corrected chi connectivity index (χ1v) is 10.1. The van der Waals surface area contributed by atoms with E-state index in [1.807, 2.05) is 25.2 Å². The minimum Gasteiger partial charge on any atom is -0.326 e. The number of carbonyl (C=O) groups is 2. The molecular weight excluding hydrogens is 433 g/mol. The Morgan fingerprint density at radius 2 is 2.00 bits per heavy atom. The van der Waals surface area contributed by atoms with E-state index >= 15 is 0 Å². The zero-order chi connectivity index (χ0) is 22.8. The number of hydrogen-bond acceptors (Lipinski definition) is 4. The van der Waals surface area contributed by atoms with E-state index in [-0.39, 0.29) is 23.3 Å². The molecular formula is C23H19ClFN5O2. The second kappa shape index (κ2) is 8.76. The van der Waals surface area contributed by atoms with E-state index < -0.39 is 5.82 Å². The van der Waals surface area contributed by atoms with Crippen LogP contribution in [0.15, 0.2) is 60.9 Å². The van der Waals surface area contributed by atoms with E-state index in [0.29, 0.717) is 22.8 Å². The lowest BCUT2D eigenvalue weighted by Crippen LogP contribution is -2.24. The first kappa shape index (κ1) is 21.5. The van der Waals surface area contributed by atoms with E-state index in [1.54, 1.807) is 29.1 Å². The Morgan fingerprint density at radius 3 is 2.78 bits per heavy atom. The minimum atomic E-state index is -0.578. The van der Waals surface area contributed by atoms with Gasteiger partial charge < -0.3 is 5.32 Å².